The van der Waals surface area contributed by atoms with Crippen LogP contribution in [0.2, 0.25) is 0 Å². The molecule has 126 valence electrons. The van der Waals surface area contributed by atoms with Crippen LogP contribution in [0.5, 0.6) is 0 Å². The number of rotatable bonds is 3. The number of nitrogens with one attached hydrogen (secondary N) is 1. The molecular formula is C13H22ClN3O4S. The lowest BCUT2D eigenvalue weighted by Crippen LogP contribution is -2.52. The van der Waals surface area contributed by atoms with E-state index in [-0.39, 0.29) is 29.4 Å². The van der Waals surface area contributed by atoms with Gasteiger partial charge in [-0.15, -0.1) is 12.4 Å². The topological polar surface area (TPSA) is 82.9 Å². The van der Waals surface area contributed by atoms with Crippen LogP contribution in [0.1, 0.15) is 23.0 Å². The van der Waals surface area contributed by atoms with E-state index in [4.69, 9.17) is 4.42 Å². The third-order valence-corrected chi connectivity index (χ3v) is 5.29. The summed E-state index contributed by atoms with van der Waals surface area (Å²) < 4.78 is 30.5. The molecule has 7 nitrogen and oxygen atoms in total. The minimum Gasteiger partial charge on any atom is -0.448 e. The number of hydrogen-bond donors (Lipinski definition) is 1. The van der Waals surface area contributed by atoms with Crippen LogP contribution in [0.15, 0.2) is 15.6 Å². The first-order chi connectivity index (χ1) is 9.75. The van der Waals surface area contributed by atoms with E-state index in [9.17, 15) is 13.2 Å². The molecule has 2 heterocycles. The molecule has 1 atom stereocenters. The Kier molecular flexibility index (Phi) is 6.03. The van der Waals surface area contributed by atoms with Crippen LogP contribution in [-0.4, -0.2) is 63.3 Å². The highest BCUT2D eigenvalue weighted by Gasteiger charge is 2.30. The lowest BCUT2D eigenvalue weighted by Gasteiger charge is -2.33. The van der Waals surface area contributed by atoms with Gasteiger partial charge in [0, 0.05) is 45.8 Å². The van der Waals surface area contributed by atoms with Gasteiger partial charge in [-0.25, -0.2) is 12.7 Å². The van der Waals surface area contributed by atoms with Crippen molar-refractivity contribution >= 4 is 28.3 Å². The SMILES string of the molecule is Cc1oc(S(=O)(=O)N(C)C)cc1C(=O)N1CCNCC1C.Cl. The Morgan fingerprint density at radius 2 is 2.09 bits per heavy atom. The van der Waals surface area contributed by atoms with Gasteiger partial charge in [0.1, 0.15) is 5.76 Å². The summed E-state index contributed by atoms with van der Waals surface area (Å²) in [6.45, 7) is 5.62. The monoisotopic (exact) mass is 351 g/mol. The summed E-state index contributed by atoms with van der Waals surface area (Å²) >= 11 is 0. The van der Waals surface area contributed by atoms with Gasteiger partial charge < -0.3 is 14.6 Å². The number of carbonyl (C=O) groups excluding carboxylic acids is 1. The van der Waals surface area contributed by atoms with Crippen LogP contribution >= 0.6 is 12.4 Å². The molecular weight excluding hydrogens is 330 g/mol. The maximum atomic E-state index is 12.6. The van der Waals surface area contributed by atoms with Crippen LogP contribution in [0.4, 0.5) is 0 Å². The predicted octanol–water partition coefficient (Wildman–Crippen LogP) is 0.694. The van der Waals surface area contributed by atoms with Gasteiger partial charge in [0.25, 0.3) is 15.9 Å². The molecule has 1 aliphatic rings. The van der Waals surface area contributed by atoms with Crippen molar-refractivity contribution in [3.05, 3.63) is 17.4 Å². The van der Waals surface area contributed by atoms with E-state index in [1.165, 1.54) is 20.2 Å². The minimum atomic E-state index is -3.67. The van der Waals surface area contributed by atoms with Gasteiger partial charge in [0.2, 0.25) is 5.09 Å². The number of carbonyl (C=O) groups is 1. The summed E-state index contributed by atoms with van der Waals surface area (Å²) in [5.74, 6) is 0.136. The number of aryl methyl sites for hydroxylation is 1. The van der Waals surface area contributed by atoms with Gasteiger partial charge in [0.05, 0.1) is 5.56 Å². The van der Waals surface area contributed by atoms with E-state index in [1.54, 1.807) is 11.8 Å². The van der Waals surface area contributed by atoms with Crippen LogP contribution in [0, 0.1) is 6.92 Å². The fourth-order valence-corrected chi connectivity index (χ4v) is 3.13. The Hall–Kier alpha value is -1.09. The molecule has 0 bridgehead atoms. The van der Waals surface area contributed by atoms with Crippen molar-refractivity contribution in [2.75, 3.05) is 33.7 Å². The number of hydrogen-bond acceptors (Lipinski definition) is 5. The van der Waals surface area contributed by atoms with Crippen LogP contribution in [-0.2, 0) is 10.0 Å². The third-order valence-electron chi connectivity index (χ3n) is 3.62. The van der Waals surface area contributed by atoms with Crippen molar-refractivity contribution < 1.29 is 17.6 Å². The Labute approximate surface area is 137 Å². The maximum absolute atomic E-state index is 12.6. The van der Waals surface area contributed by atoms with Gasteiger partial charge in [-0.05, 0) is 13.8 Å². The maximum Gasteiger partial charge on any atom is 0.275 e. The highest BCUT2D eigenvalue weighted by Crippen LogP contribution is 2.23. The molecule has 0 aromatic carbocycles. The van der Waals surface area contributed by atoms with Gasteiger partial charge in [-0.1, -0.05) is 0 Å². The molecule has 0 spiro atoms. The number of piperazine rings is 1. The molecule has 1 aromatic heterocycles. The van der Waals surface area contributed by atoms with E-state index in [0.29, 0.717) is 17.9 Å². The quantitative estimate of drug-likeness (QED) is 0.866. The number of sulfonamides is 1. The van der Waals surface area contributed by atoms with Crippen molar-refractivity contribution in [3.8, 4) is 0 Å². The fourth-order valence-electron chi connectivity index (χ4n) is 2.27. The minimum absolute atomic E-state index is 0. The summed E-state index contributed by atoms with van der Waals surface area (Å²) in [6.07, 6.45) is 0. The zero-order valence-corrected chi connectivity index (χ0v) is 14.8. The molecule has 0 saturated carbocycles. The summed E-state index contributed by atoms with van der Waals surface area (Å²) in [7, 11) is -0.825. The van der Waals surface area contributed by atoms with Gasteiger partial charge in [-0.3, -0.25) is 4.79 Å². The van der Waals surface area contributed by atoms with Crippen LogP contribution < -0.4 is 5.32 Å². The van der Waals surface area contributed by atoms with Crippen molar-refractivity contribution in [2.45, 2.75) is 25.0 Å². The first kappa shape index (κ1) is 19.0. The zero-order valence-electron chi connectivity index (χ0n) is 13.1. The Morgan fingerprint density at radius 1 is 1.45 bits per heavy atom. The second kappa shape index (κ2) is 6.99. The first-order valence-electron chi connectivity index (χ1n) is 6.79. The molecule has 1 fully saturated rings. The molecule has 1 aliphatic heterocycles. The highest BCUT2D eigenvalue weighted by molar-refractivity contribution is 7.88. The molecule has 1 unspecified atom stereocenters. The molecule has 22 heavy (non-hydrogen) atoms. The summed E-state index contributed by atoms with van der Waals surface area (Å²) in [5.41, 5.74) is 0.309. The largest absolute Gasteiger partial charge is 0.448 e. The molecule has 1 amide bonds. The van der Waals surface area contributed by atoms with Crippen molar-refractivity contribution in [1.29, 1.82) is 0 Å². The molecule has 1 saturated heterocycles. The number of furan rings is 1. The third kappa shape index (κ3) is 3.45. The predicted molar refractivity (Wildman–Crippen MR) is 84.9 cm³/mol. The summed E-state index contributed by atoms with van der Waals surface area (Å²) in [5, 5.41) is 3.01. The lowest BCUT2D eigenvalue weighted by molar-refractivity contribution is 0.0654. The molecule has 2 rings (SSSR count). The average molecular weight is 352 g/mol. The van der Waals surface area contributed by atoms with Gasteiger partial charge in [-0.2, -0.15) is 0 Å². The molecule has 9 heteroatoms. The normalized spacial score (nSPS) is 19.1. The molecule has 1 aromatic rings. The molecule has 1 N–H and O–H groups in total. The Balaban J connectivity index is 0.00000242. The fraction of sp³-hybridized carbons (Fsp3) is 0.615. The molecule has 0 aliphatic carbocycles. The number of nitrogens with zero attached hydrogens (tertiary/aromatic N) is 2. The van der Waals surface area contributed by atoms with Crippen LogP contribution in [0.3, 0.4) is 0 Å². The highest BCUT2D eigenvalue weighted by atomic mass is 35.5. The Bertz CT molecular complexity index is 642. The van der Waals surface area contributed by atoms with Crippen molar-refractivity contribution in [1.82, 2.24) is 14.5 Å². The van der Waals surface area contributed by atoms with Crippen molar-refractivity contribution in [3.63, 3.8) is 0 Å². The summed E-state index contributed by atoms with van der Waals surface area (Å²) in [4.78, 5) is 14.3. The zero-order chi connectivity index (χ0) is 15.8. The summed E-state index contributed by atoms with van der Waals surface area (Å²) in [6, 6.07) is 1.39. The van der Waals surface area contributed by atoms with E-state index in [0.717, 1.165) is 17.4 Å². The van der Waals surface area contributed by atoms with E-state index < -0.39 is 10.0 Å². The number of amides is 1. The van der Waals surface area contributed by atoms with Crippen molar-refractivity contribution in [2.24, 2.45) is 0 Å². The second-order valence-corrected chi connectivity index (χ2v) is 7.46. The second-order valence-electron chi connectivity index (χ2n) is 5.37. The van der Waals surface area contributed by atoms with E-state index in [2.05, 4.69) is 5.32 Å². The van der Waals surface area contributed by atoms with Gasteiger partial charge >= 0.3 is 0 Å². The standard InChI is InChI=1S/C13H21N3O4S.ClH/c1-9-8-14-5-6-16(9)13(17)11-7-12(20-10(11)2)21(18,19)15(3)4;/h7,9,14H,5-6,8H2,1-4H3;1H. The van der Waals surface area contributed by atoms with E-state index in [1.807, 2.05) is 6.92 Å². The van der Waals surface area contributed by atoms with Crippen LogP contribution in [0.25, 0.3) is 0 Å². The average Bonchev–Trinajstić information content (AvgIpc) is 2.81. The first-order valence-corrected chi connectivity index (χ1v) is 8.23. The molecule has 0 radical (unpaired) electrons. The van der Waals surface area contributed by atoms with Gasteiger partial charge in [0.15, 0.2) is 0 Å². The smallest absolute Gasteiger partial charge is 0.275 e. The Morgan fingerprint density at radius 3 is 2.64 bits per heavy atom. The number of halogens is 1. The lowest BCUT2D eigenvalue weighted by atomic mass is 10.1. The van der Waals surface area contributed by atoms with E-state index >= 15 is 0 Å².